The standard InChI is InChI=1S/C77H139NO18/c1-3-5-7-9-11-13-15-17-19-20-21-22-23-24-25-26-27-28-29-30-31-32-33-34-35-36-37-38-39-40-41-43-45-47-49-51-53-55-65(83)78-60(61(82)54-52-50-48-46-44-42-18-16-14-12-10-8-6-4-2)59-91-75-71(89)68(86)73(63(57-80)93-75)96-77-72(90)69(87)74(64(58-81)94-77)95-76-70(88)67(85)66(84)62(56-79)92-76/h15,17,20-21,23-24,44,46,52,54,60-64,66-77,79-82,84-90H,3-14,16,18-19,22,25-43,45,47-51,53,55-59H2,1-2H3,(H,78,83)/b17-15-,21-20-,24-23-,46-44+,54-52+. The zero-order valence-corrected chi connectivity index (χ0v) is 59.6. The molecule has 1 amide bonds. The minimum Gasteiger partial charge on any atom is -0.394 e. The number of unbranched alkanes of at least 4 members (excludes halogenated alkanes) is 36. The Morgan fingerprint density at radius 3 is 1.11 bits per heavy atom. The Morgan fingerprint density at radius 1 is 0.375 bits per heavy atom. The average molecular weight is 1370 g/mol. The molecule has 19 heteroatoms. The van der Waals surface area contributed by atoms with Gasteiger partial charge in [0, 0.05) is 6.42 Å². The van der Waals surface area contributed by atoms with Gasteiger partial charge in [-0.15, -0.1) is 0 Å². The van der Waals surface area contributed by atoms with Crippen LogP contribution in [0.15, 0.2) is 60.8 Å². The lowest BCUT2D eigenvalue weighted by Crippen LogP contribution is -2.66. The van der Waals surface area contributed by atoms with Crippen LogP contribution in [0.2, 0.25) is 0 Å². The predicted octanol–water partition coefficient (Wildman–Crippen LogP) is 11.9. The molecule has 3 rings (SSSR count). The first-order valence-corrected chi connectivity index (χ1v) is 38.5. The van der Waals surface area contributed by atoms with Crippen LogP contribution in [0.25, 0.3) is 0 Å². The van der Waals surface area contributed by atoms with Crippen LogP contribution in [0.4, 0.5) is 0 Å². The highest BCUT2D eigenvalue weighted by Crippen LogP contribution is 2.33. The fourth-order valence-corrected chi connectivity index (χ4v) is 12.8. The lowest BCUT2D eigenvalue weighted by Gasteiger charge is -2.48. The van der Waals surface area contributed by atoms with Crippen molar-refractivity contribution in [1.29, 1.82) is 0 Å². The zero-order valence-electron chi connectivity index (χ0n) is 59.6. The van der Waals surface area contributed by atoms with E-state index in [2.05, 4.69) is 67.8 Å². The summed E-state index contributed by atoms with van der Waals surface area (Å²) in [6, 6.07) is -0.990. The molecular formula is C77H139NO18. The largest absolute Gasteiger partial charge is 0.394 e. The van der Waals surface area contributed by atoms with Crippen molar-refractivity contribution in [2.24, 2.45) is 0 Å². The van der Waals surface area contributed by atoms with Crippen LogP contribution < -0.4 is 5.32 Å². The molecule has 0 bridgehead atoms. The van der Waals surface area contributed by atoms with Crippen LogP contribution in [0.1, 0.15) is 290 Å². The SMILES string of the molecule is CCCCCCC/C=C\C/C=C\C/C=C\CCCCCCCCCCCCCCCCCCCCCCCCC(=O)NC(COC1OC(CO)C(OC2OC(CO)C(OC3OC(CO)C(O)C(O)C3O)C(O)C2O)C(O)C1O)C(O)/C=C/CC/C=C/CCCCCCCCCC. The Morgan fingerprint density at radius 2 is 0.698 bits per heavy atom. The van der Waals surface area contributed by atoms with Gasteiger partial charge in [-0.2, -0.15) is 0 Å². The molecule has 0 saturated carbocycles. The second-order valence-corrected chi connectivity index (χ2v) is 27.5. The summed E-state index contributed by atoms with van der Waals surface area (Å²) in [5.41, 5.74) is 0. The van der Waals surface area contributed by atoms with Crippen LogP contribution >= 0.6 is 0 Å². The van der Waals surface area contributed by atoms with Crippen molar-refractivity contribution in [3.63, 3.8) is 0 Å². The summed E-state index contributed by atoms with van der Waals surface area (Å²) in [5.74, 6) is -0.283. The third-order valence-electron chi connectivity index (χ3n) is 19.0. The van der Waals surface area contributed by atoms with Gasteiger partial charge in [-0.1, -0.05) is 274 Å². The molecule has 0 aromatic heterocycles. The van der Waals surface area contributed by atoms with Gasteiger partial charge >= 0.3 is 0 Å². The molecule has 3 aliphatic rings. The Labute approximate surface area is 579 Å². The second-order valence-electron chi connectivity index (χ2n) is 27.5. The molecule has 3 heterocycles. The van der Waals surface area contributed by atoms with E-state index in [-0.39, 0.29) is 18.9 Å². The van der Waals surface area contributed by atoms with Crippen molar-refractivity contribution in [2.45, 2.75) is 394 Å². The Hall–Kier alpha value is -2.51. The molecule has 17 atom stereocenters. The number of aliphatic hydroxyl groups excluding tert-OH is 11. The van der Waals surface area contributed by atoms with E-state index in [1.165, 1.54) is 205 Å². The zero-order chi connectivity index (χ0) is 69.6. The van der Waals surface area contributed by atoms with E-state index >= 15 is 0 Å². The van der Waals surface area contributed by atoms with E-state index in [0.717, 1.165) is 51.4 Å². The van der Waals surface area contributed by atoms with Crippen molar-refractivity contribution >= 4 is 5.91 Å². The number of amides is 1. The number of carbonyl (C=O) groups excluding carboxylic acids is 1. The molecule has 3 saturated heterocycles. The molecule has 3 fully saturated rings. The minimum absolute atomic E-state index is 0.237. The number of hydrogen-bond donors (Lipinski definition) is 12. The van der Waals surface area contributed by atoms with Gasteiger partial charge in [0.15, 0.2) is 18.9 Å². The van der Waals surface area contributed by atoms with Crippen LogP contribution in [0, 0.1) is 0 Å². The maximum Gasteiger partial charge on any atom is 0.220 e. The summed E-state index contributed by atoms with van der Waals surface area (Å²) in [6.45, 7) is 1.71. The molecular weight excluding hydrogens is 1230 g/mol. The topological polar surface area (TPSA) is 307 Å². The van der Waals surface area contributed by atoms with E-state index in [1.54, 1.807) is 6.08 Å². The highest BCUT2D eigenvalue weighted by molar-refractivity contribution is 5.76. The molecule has 0 radical (unpaired) electrons. The summed E-state index contributed by atoms with van der Waals surface area (Å²) in [7, 11) is 0. The van der Waals surface area contributed by atoms with Gasteiger partial charge in [0.05, 0.1) is 38.6 Å². The summed E-state index contributed by atoms with van der Waals surface area (Å²) >= 11 is 0. The summed E-state index contributed by atoms with van der Waals surface area (Å²) in [6.07, 6.45) is 46.6. The first-order valence-electron chi connectivity index (χ1n) is 38.5. The molecule has 0 aliphatic carbocycles. The molecule has 0 aromatic rings. The Bertz CT molecular complexity index is 1970. The van der Waals surface area contributed by atoms with Gasteiger partial charge in [0.1, 0.15) is 73.2 Å². The molecule has 560 valence electrons. The van der Waals surface area contributed by atoms with Crippen molar-refractivity contribution in [2.75, 3.05) is 26.4 Å². The van der Waals surface area contributed by atoms with Crippen LogP contribution in [-0.2, 0) is 33.2 Å². The van der Waals surface area contributed by atoms with Crippen molar-refractivity contribution in [1.82, 2.24) is 5.32 Å². The number of rotatable bonds is 60. The molecule has 19 nitrogen and oxygen atoms in total. The highest BCUT2D eigenvalue weighted by atomic mass is 16.8. The third kappa shape index (κ3) is 38.5. The van der Waals surface area contributed by atoms with Crippen molar-refractivity contribution < 1.29 is 89.4 Å². The quantitative estimate of drug-likeness (QED) is 0.0199. The van der Waals surface area contributed by atoms with Gasteiger partial charge in [-0.25, -0.2) is 0 Å². The highest BCUT2D eigenvalue weighted by Gasteiger charge is 2.53. The fourth-order valence-electron chi connectivity index (χ4n) is 12.8. The Kier molecular flexibility index (Phi) is 53.0. The number of carbonyl (C=O) groups is 1. The van der Waals surface area contributed by atoms with Gasteiger partial charge < -0.3 is 89.9 Å². The maximum atomic E-state index is 13.4. The molecule has 17 unspecified atom stereocenters. The number of aliphatic hydroxyl groups is 11. The van der Waals surface area contributed by atoms with E-state index in [9.17, 15) is 61.0 Å². The first kappa shape index (κ1) is 87.7. The predicted molar refractivity (Wildman–Crippen MR) is 379 cm³/mol. The van der Waals surface area contributed by atoms with Crippen LogP contribution in [0.3, 0.4) is 0 Å². The molecule has 96 heavy (non-hydrogen) atoms. The monoisotopic (exact) mass is 1370 g/mol. The molecule has 3 aliphatic heterocycles. The number of allylic oxidation sites excluding steroid dienone is 9. The van der Waals surface area contributed by atoms with Gasteiger partial charge in [-0.05, 0) is 70.6 Å². The number of hydrogen-bond acceptors (Lipinski definition) is 18. The molecule has 0 aromatic carbocycles. The number of ether oxygens (including phenoxy) is 6. The third-order valence-corrected chi connectivity index (χ3v) is 19.0. The van der Waals surface area contributed by atoms with Crippen molar-refractivity contribution in [3.05, 3.63) is 60.8 Å². The fraction of sp³-hybridized carbons (Fsp3) is 0.857. The lowest BCUT2D eigenvalue weighted by molar-refractivity contribution is -0.379. The summed E-state index contributed by atoms with van der Waals surface area (Å²) in [4.78, 5) is 13.4. The van der Waals surface area contributed by atoms with Crippen LogP contribution in [0.5, 0.6) is 0 Å². The maximum absolute atomic E-state index is 13.4. The number of nitrogens with one attached hydrogen (secondary N) is 1. The summed E-state index contributed by atoms with van der Waals surface area (Å²) in [5, 5.41) is 121. The average Bonchev–Trinajstić information content (AvgIpc) is 0.787. The van der Waals surface area contributed by atoms with E-state index < -0.39 is 124 Å². The van der Waals surface area contributed by atoms with E-state index in [1.807, 2.05) is 6.08 Å². The minimum atomic E-state index is -1.98. The first-order chi connectivity index (χ1) is 46.8. The molecule has 12 N–H and O–H groups in total. The molecule has 0 spiro atoms. The lowest BCUT2D eigenvalue weighted by atomic mass is 9.96. The smallest absolute Gasteiger partial charge is 0.220 e. The van der Waals surface area contributed by atoms with Gasteiger partial charge in [0.25, 0.3) is 0 Å². The van der Waals surface area contributed by atoms with E-state index in [4.69, 9.17) is 28.4 Å². The van der Waals surface area contributed by atoms with Crippen molar-refractivity contribution in [3.8, 4) is 0 Å². The van der Waals surface area contributed by atoms with E-state index in [0.29, 0.717) is 12.8 Å². The Balaban J connectivity index is 1.31. The van der Waals surface area contributed by atoms with Crippen LogP contribution in [-0.4, -0.2) is 193 Å². The second kappa shape index (κ2) is 58.0. The van der Waals surface area contributed by atoms with Gasteiger partial charge in [-0.3, -0.25) is 4.79 Å². The van der Waals surface area contributed by atoms with Gasteiger partial charge in [0.2, 0.25) is 5.91 Å². The summed E-state index contributed by atoms with van der Waals surface area (Å²) < 4.78 is 34.3. The normalized spacial score (nSPS) is 27.4.